The van der Waals surface area contributed by atoms with Gasteiger partial charge in [-0.25, -0.2) is 14.4 Å². The highest BCUT2D eigenvalue weighted by atomic mass is 19.1. The van der Waals surface area contributed by atoms with Gasteiger partial charge in [0.15, 0.2) is 5.96 Å². The van der Waals surface area contributed by atoms with Crippen LogP contribution < -0.4 is 26.2 Å². The standard InChI is InChI=1S/C36H46FN7O3/c1-20-18-43(19-32(45)38-20)34(41-30-15-23-14-28(21(30)2)36(23,3)4)40-25-9-11-27-31(16-25)42-35(39-24-7-8-24)44(33(27)46)13-12-22-6-10-26(47-5)17-29(22)37/h6,9-11,16-17,20-21,23-24,28,30H,7-8,12-15,18-19H2,1-5H3,(H,38,45)(H,39,42)(H,40,41)/t20-,21-,23+,28-,30?/m0/s1. The molecule has 10 nitrogen and oxygen atoms in total. The van der Waals surface area contributed by atoms with E-state index in [-0.39, 0.29) is 48.5 Å². The normalized spacial score (nSPS) is 26.9. The predicted octanol–water partition coefficient (Wildman–Crippen LogP) is 5.02. The molecule has 2 aromatic carbocycles. The maximum atomic E-state index is 14.7. The Hall–Kier alpha value is -4.15. The van der Waals surface area contributed by atoms with Gasteiger partial charge in [0, 0.05) is 36.9 Å². The number of piperazine rings is 1. The second-order valence-corrected chi connectivity index (χ2v) is 14.7. The molecule has 8 rings (SSSR count). The molecule has 5 atom stereocenters. The molecule has 47 heavy (non-hydrogen) atoms. The Balaban J connectivity index is 1.19. The fourth-order valence-corrected chi connectivity index (χ4v) is 7.98. The summed E-state index contributed by atoms with van der Waals surface area (Å²) in [6.07, 6.45) is 4.68. The number of hydrogen-bond acceptors (Lipinski definition) is 6. The fraction of sp³-hybridized carbons (Fsp3) is 0.556. The number of benzene rings is 2. The van der Waals surface area contributed by atoms with Crippen molar-refractivity contribution in [1.82, 2.24) is 19.8 Å². The van der Waals surface area contributed by atoms with Gasteiger partial charge in [-0.15, -0.1) is 0 Å². The summed E-state index contributed by atoms with van der Waals surface area (Å²) in [7, 11) is 1.51. The van der Waals surface area contributed by atoms with Crippen LogP contribution >= 0.6 is 0 Å². The summed E-state index contributed by atoms with van der Waals surface area (Å²) < 4.78 is 21.5. The zero-order valence-corrected chi connectivity index (χ0v) is 28.0. The number of methoxy groups -OCH3 is 1. The van der Waals surface area contributed by atoms with Crippen molar-refractivity contribution >= 4 is 34.4 Å². The minimum Gasteiger partial charge on any atom is -0.497 e. The monoisotopic (exact) mass is 643 g/mol. The first kappa shape index (κ1) is 31.4. The van der Waals surface area contributed by atoms with E-state index in [2.05, 4.69) is 36.7 Å². The van der Waals surface area contributed by atoms with Crippen LogP contribution in [0.3, 0.4) is 0 Å². The number of anilines is 2. The molecule has 2 heterocycles. The summed E-state index contributed by atoms with van der Waals surface area (Å²) in [4.78, 5) is 38.7. The molecule has 1 aromatic heterocycles. The highest BCUT2D eigenvalue weighted by Crippen LogP contribution is 2.61. The Bertz CT molecular complexity index is 1780. The van der Waals surface area contributed by atoms with Crippen LogP contribution in [0.5, 0.6) is 5.75 Å². The molecule has 11 heteroatoms. The van der Waals surface area contributed by atoms with Crippen LogP contribution in [-0.4, -0.2) is 64.6 Å². The topological polar surface area (TPSA) is 113 Å². The summed E-state index contributed by atoms with van der Waals surface area (Å²) in [5, 5.41) is 10.5. The lowest BCUT2D eigenvalue weighted by atomic mass is 9.45. The van der Waals surface area contributed by atoms with Gasteiger partial charge in [-0.05, 0) is 92.0 Å². The van der Waals surface area contributed by atoms with Crippen LogP contribution in [0.1, 0.15) is 58.9 Å². The number of carbonyl (C=O) groups excluding carboxylic acids is 1. The van der Waals surface area contributed by atoms with Gasteiger partial charge in [-0.2, -0.15) is 0 Å². The minimum atomic E-state index is -0.361. The molecule has 3 aromatic rings. The number of carbonyl (C=O) groups is 1. The summed E-state index contributed by atoms with van der Waals surface area (Å²) in [5.41, 5.74) is 2.01. The zero-order valence-electron chi connectivity index (χ0n) is 28.0. The molecular formula is C36H46FN7O3. The Labute approximate surface area is 275 Å². The minimum absolute atomic E-state index is 0.00134. The largest absolute Gasteiger partial charge is 0.497 e. The number of fused-ring (bicyclic) bond motifs is 3. The number of aliphatic imine (C=N–C) groups is 1. The number of aromatic nitrogens is 2. The quantitative estimate of drug-likeness (QED) is 0.234. The summed E-state index contributed by atoms with van der Waals surface area (Å²) >= 11 is 0. The SMILES string of the molecule is COc1ccc(CCn2c(NC3CC3)nc3cc(N/C(=N/C4C[C@H]5C[C@@H]([C@@H]4C)C5(C)C)N4CC(=O)N[C@@H](C)C4)ccc3c2=O)c(F)c1. The number of ether oxygens (including phenoxy) is 1. The van der Waals surface area contributed by atoms with Crippen LogP contribution in [-0.2, 0) is 17.8 Å². The van der Waals surface area contributed by atoms with E-state index in [1.807, 2.05) is 24.0 Å². The van der Waals surface area contributed by atoms with Crippen LogP contribution in [0.15, 0.2) is 46.2 Å². The number of rotatable bonds is 8. The highest BCUT2D eigenvalue weighted by Gasteiger charge is 2.56. The van der Waals surface area contributed by atoms with E-state index >= 15 is 0 Å². The van der Waals surface area contributed by atoms with E-state index in [9.17, 15) is 14.0 Å². The second-order valence-electron chi connectivity index (χ2n) is 14.7. The van der Waals surface area contributed by atoms with Crippen molar-refractivity contribution in [2.24, 2.45) is 28.2 Å². The van der Waals surface area contributed by atoms with E-state index < -0.39 is 0 Å². The Kier molecular flexibility index (Phi) is 8.12. The van der Waals surface area contributed by atoms with E-state index in [0.717, 1.165) is 24.9 Å². The molecule has 0 spiro atoms. The molecule has 1 unspecified atom stereocenters. The highest BCUT2D eigenvalue weighted by molar-refractivity contribution is 5.98. The van der Waals surface area contributed by atoms with Crippen molar-refractivity contribution < 1.29 is 13.9 Å². The number of hydrogen-bond donors (Lipinski definition) is 3. The van der Waals surface area contributed by atoms with Crippen LogP contribution in [0.25, 0.3) is 10.9 Å². The lowest BCUT2D eigenvalue weighted by molar-refractivity contribution is -0.124. The number of amides is 1. The maximum Gasteiger partial charge on any atom is 0.262 e. The van der Waals surface area contributed by atoms with E-state index in [1.54, 1.807) is 22.8 Å². The Morgan fingerprint density at radius 3 is 2.64 bits per heavy atom. The average molecular weight is 644 g/mol. The number of nitrogens with zero attached hydrogens (tertiary/aromatic N) is 4. The van der Waals surface area contributed by atoms with Crippen LogP contribution in [0.4, 0.5) is 16.0 Å². The van der Waals surface area contributed by atoms with Gasteiger partial charge in [0.2, 0.25) is 11.9 Å². The molecule has 1 saturated heterocycles. The van der Waals surface area contributed by atoms with E-state index in [0.29, 0.717) is 70.3 Å². The summed E-state index contributed by atoms with van der Waals surface area (Å²) in [5.74, 6) is 3.00. The van der Waals surface area contributed by atoms with Gasteiger partial charge >= 0.3 is 0 Å². The fourth-order valence-electron chi connectivity index (χ4n) is 7.98. The molecule has 1 amide bonds. The van der Waals surface area contributed by atoms with Crippen molar-refractivity contribution in [3.8, 4) is 5.75 Å². The first-order chi connectivity index (χ1) is 22.5. The smallest absolute Gasteiger partial charge is 0.262 e. The van der Waals surface area contributed by atoms with Crippen LogP contribution in [0, 0.1) is 29.0 Å². The number of guanidine groups is 1. The van der Waals surface area contributed by atoms with Crippen molar-refractivity contribution in [1.29, 1.82) is 0 Å². The summed E-state index contributed by atoms with van der Waals surface area (Å²) in [6.45, 7) is 10.3. The van der Waals surface area contributed by atoms with Gasteiger partial charge in [0.25, 0.3) is 5.56 Å². The van der Waals surface area contributed by atoms with Gasteiger partial charge in [-0.3, -0.25) is 14.2 Å². The number of nitrogens with one attached hydrogen (secondary N) is 3. The van der Waals surface area contributed by atoms with Gasteiger partial charge < -0.3 is 25.6 Å². The summed E-state index contributed by atoms with van der Waals surface area (Å²) in [6, 6.07) is 10.8. The first-order valence-corrected chi connectivity index (χ1v) is 17.0. The van der Waals surface area contributed by atoms with E-state index in [4.69, 9.17) is 14.7 Å². The van der Waals surface area contributed by atoms with Gasteiger partial charge in [-0.1, -0.05) is 26.8 Å². The van der Waals surface area contributed by atoms with Crippen molar-refractivity contribution in [3.05, 3.63) is 58.1 Å². The molecule has 5 aliphatic rings. The second kappa shape index (κ2) is 12.1. The molecule has 2 bridgehead atoms. The lowest BCUT2D eigenvalue weighted by Crippen LogP contribution is -2.58. The van der Waals surface area contributed by atoms with Gasteiger partial charge in [0.1, 0.15) is 11.6 Å². The van der Waals surface area contributed by atoms with Gasteiger partial charge in [0.05, 0.1) is 30.6 Å². The average Bonchev–Trinajstić information content (AvgIpc) is 3.85. The molecule has 4 saturated carbocycles. The Morgan fingerprint density at radius 2 is 1.96 bits per heavy atom. The predicted molar refractivity (Wildman–Crippen MR) is 182 cm³/mol. The van der Waals surface area contributed by atoms with Crippen molar-refractivity contribution in [2.45, 2.75) is 84.5 Å². The van der Waals surface area contributed by atoms with E-state index in [1.165, 1.54) is 19.6 Å². The van der Waals surface area contributed by atoms with Crippen molar-refractivity contribution in [2.75, 3.05) is 30.8 Å². The van der Waals surface area contributed by atoms with Crippen LogP contribution in [0.2, 0.25) is 0 Å². The third kappa shape index (κ3) is 6.16. The first-order valence-electron chi connectivity index (χ1n) is 17.0. The lowest BCUT2D eigenvalue weighted by Gasteiger charge is -2.61. The number of aryl methyl sites for hydroxylation is 1. The maximum absolute atomic E-state index is 14.7. The molecule has 0 radical (unpaired) electrons. The molecule has 250 valence electrons. The molecular weight excluding hydrogens is 597 g/mol. The Morgan fingerprint density at radius 1 is 1.15 bits per heavy atom. The zero-order chi connectivity index (χ0) is 33.0. The number of halogens is 1. The third-order valence-electron chi connectivity index (χ3n) is 11.1. The molecule has 5 fully saturated rings. The van der Waals surface area contributed by atoms with Crippen molar-refractivity contribution in [3.63, 3.8) is 0 Å². The molecule has 4 aliphatic carbocycles. The molecule has 1 aliphatic heterocycles. The molecule has 3 N–H and O–H groups in total. The third-order valence-corrected chi connectivity index (χ3v) is 11.1.